The number of fused-ring (bicyclic) bond motifs is 1. The molecule has 28 heavy (non-hydrogen) atoms. The summed E-state index contributed by atoms with van der Waals surface area (Å²) in [5.74, 6) is 1.72. The van der Waals surface area contributed by atoms with Crippen LogP contribution in [0.15, 0.2) is 42.5 Å². The first-order chi connectivity index (χ1) is 13.7. The predicted octanol–water partition coefficient (Wildman–Crippen LogP) is 3.49. The molecule has 6 nitrogen and oxygen atoms in total. The van der Waals surface area contributed by atoms with Gasteiger partial charge in [0.1, 0.15) is 13.2 Å². The van der Waals surface area contributed by atoms with Gasteiger partial charge in [0.2, 0.25) is 11.7 Å². The van der Waals surface area contributed by atoms with E-state index in [0.29, 0.717) is 49.0 Å². The monoisotopic (exact) mass is 379 g/mol. The van der Waals surface area contributed by atoms with Crippen molar-refractivity contribution < 1.29 is 23.8 Å². The molecule has 0 spiro atoms. The van der Waals surface area contributed by atoms with Crippen LogP contribution >= 0.6 is 0 Å². The molecule has 2 aliphatic rings. The number of carbonyl (C=O) groups excluding carboxylic acids is 2. The second kappa shape index (κ2) is 7.76. The van der Waals surface area contributed by atoms with Crippen LogP contribution in [0, 0.1) is 0 Å². The number of anilines is 1. The summed E-state index contributed by atoms with van der Waals surface area (Å²) in [4.78, 5) is 26.3. The molecule has 0 radical (unpaired) electrons. The van der Waals surface area contributed by atoms with E-state index in [4.69, 9.17) is 14.2 Å². The Balaban J connectivity index is 1.55. The summed E-state index contributed by atoms with van der Waals surface area (Å²) in [6.07, 6.45) is 4.64. The third-order valence-electron chi connectivity index (χ3n) is 4.79. The van der Waals surface area contributed by atoms with Gasteiger partial charge in [-0.05, 0) is 42.3 Å². The van der Waals surface area contributed by atoms with Crippen LogP contribution in [0.4, 0.5) is 5.69 Å². The summed E-state index contributed by atoms with van der Waals surface area (Å²) in [5.41, 5.74) is 2.08. The second-order valence-electron chi connectivity index (χ2n) is 6.64. The number of amides is 1. The van der Waals surface area contributed by atoms with Gasteiger partial charge in [0.25, 0.3) is 0 Å². The molecule has 0 atom stereocenters. The molecule has 4 rings (SSSR count). The summed E-state index contributed by atoms with van der Waals surface area (Å²) in [6, 6.07) is 10.8. The number of methoxy groups -OCH3 is 1. The first-order valence-corrected chi connectivity index (χ1v) is 9.26. The Hall–Kier alpha value is -3.28. The van der Waals surface area contributed by atoms with Crippen LogP contribution in [0.3, 0.4) is 0 Å². The van der Waals surface area contributed by atoms with Crippen molar-refractivity contribution >= 4 is 23.5 Å². The minimum Gasteiger partial charge on any atom is -0.493 e. The lowest BCUT2D eigenvalue weighted by Gasteiger charge is -2.20. The molecule has 2 aromatic rings. The molecule has 2 aliphatic heterocycles. The van der Waals surface area contributed by atoms with Gasteiger partial charge < -0.3 is 19.1 Å². The van der Waals surface area contributed by atoms with Gasteiger partial charge in [-0.1, -0.05) is 18.2 Å². The van der Waals surface area contributed by atoms with Gasteiger partial charge in [-0.15, -0.1) is 0 Å². The maximum Gasteiger partial charge on any atom is 0.227 e. The van der Waals surface area contributed by atoms with Gasteiger partial charge >= 0.3 is 0 Å². The van der Waals surface area contributed by atoms with Crippen LogP contribution < -0.4 is 19.1 Å². The van der Waals surface area contributed by atoms with Crippen LogP contribution in [-0.2, 0) is 4.79 Å². The highest BCUT2D eigenvalue weighted by atomic mass is 16.6. The fourth-order valence-corrected chi connectivity index (χ4v) is 3.41. The average molecular weight is 379 g/mol. The van der Waals surface area contributed by atoms with E-state index in [-0.39, 0.29) is 11.7 Å². The SMILES string of the molecule is COc1cc(/C=C/C(=O)c2cccc(N3CCCC3=O)c2)cc2c1OCCO2. The van der Waals surface area contributed by atoms with Crippen molar-refractivity contribution in [1.29, 1.82) is 0 Å². The third-order valence-corrected chi connectivity index (χ3v) is 4.79. The van der Waals surface area contributed by atoms with Gasteiger partial charge in [-0.3, -0.25) is 9.59 Å². The summed E-state index contributed by atoms with van der Waals surface area (Å²) in [6.45, 7) is 1.65. The Kier molecular flexibility index (Phi) is 5.02. The molecule has 1 amide bonds. The van der Waals surface area contributed by atoms with Crippen molar-refractivity contribution in [2.24, 2.45) is 0 Å². The normalized spacial score (nSPS) is 15.9. The van der Waals surface area contributed by atoms with Crippen LogP contribution in [0.5, 0.6) is 17.2 Å². The molecule has 0 aliphatic carbocycles. The highest BCUT2D eigenvalue weighted by Gasteiger charge is 2.22. The standard InChI is InChI=1S/C22H21NO5/c1-26-19-12-15(13-20-22(19)28-11-10-27-20)7-8-18(24)16-4-2-5-17(14-16)23-9-3-6-21(23)25/h2,4-5,7-8,12-14H,3,6,9-11H2,1H3/b8-7+. The van der Waals surface area contributed by atoms with E-state index in [1.54, 1.807) is 42.4 Å². The molecule has 0 N–H and O–H groups in total. The molecular formula is C22H21NO5. The van der Waals surface area contributed by atoms with Crippen LogP contribution in [0.1, 0.15) is 28.8 Å². The molecule has 1 fully saturated rings. The molecule has 0 unspecified atom stereocenters. The van der Waals surface area contributed by atoms with Crippen LogP contribution in [-0.4, -0.2) is 38.6 Å². The number of rotatable bonds is 5. The number of ether oxygens (including phenoxy) is 3. The average Bonchev–Trinajstić information content (AvgIpc) is 3.17. The molecule has 144 valence electrons. The Morgan fingerprint density at radius 2 is 2.04 bits per heavy atom. The largest absolute Gasteiger partial charge is 0.493 e. The van der Waals surface area contributed by atoms with Crippen molar-refractivity contribution in [1.82, 2.24) is 0 Å². The zero-order valence-electron chi connectivity index (χ0n) is 15.6. The van der Waals surface area contributed by atoms with Crippen LogP contribution in [0.2, 0.25) is 0 Å². The number of ketones is 1. The van der Waals surface area contributed by atoms with Crippen molar-refractivity contribution in [2.45, 2.75) is 12.8 Å². The second-order valence-corrected chi connectivity index (χ2v) is 6.64. The Morgan fingerprint density at radius 3 is 2.82 bits per heavy atom. The fraction of sp³-hybridized carbons (Fsp3) is 0.273. The lowest BCUT2D eigenvalue weighted by atomic mass is 10.1. The topological polar surface area (TPSA) is 65.1 Å². The quantitative estimate of drug-likeness (QED) is 0.588. The number of hydrogen-bond donors (Lipinski definition) is 0. The first kappa shape index (κ1) is 18.1. The maximum atomic E-state index is 12.6. The van der Waals surface area contributed by atoms with Crippen molar-refractivity contribution in [2.75, 3.05) is 31.8 Å². The third kappa shape index (κ3) is 3.58. The van der Waals surface area contributed by atoms with E-state index >= 15 is 0 Å². The molecule has 0 saturated carbocycles. The summed E-state index contributed by atoms with van der Waals surface area (Å²) >= 11 is 0. The van der Waals surface area contributed by atoms with Crippen LogP contribution in [0.25, 0.3) is 6.08 Å². The van der Waals surface area contributed by atoms with E-state index < -0.39 is 0 Å². The summed E-state index contributed by atoms with van der Waals surface area (Å²) in [5, 5.41) is 0. The molecule has 2 heterocycles. The smallest absolute Gasteiger partial charge is 0.227 e. The summed E-state index contributed by atoms with van der Waals surface area (Å²) < 4.78 is 16.6. The van der Waals surface area contributed by atoms with E-state index in [1.807, 2.05) is 12.1 Å². The van der Waals surface area contributed by atoms with E-state index in [0.717, 1.165) is 17.7 Å². The summed E-state index contributed by atoms with van der Waals surface area (Å²) in [7, 11) is 1.57. The lowest BCUT2D eigenvalue weighted by Crippen LogP contribution is -2.23. The Labute approximate surface area is 163 Å². The molecule has 1 saturated heterocycles. The minimum absolute atomic E-state index is 0.100. The van der Waals surface area contributed by atoms with E-state index in [1.165, 1.54) is 6.08 Å². The number of hydrogen-bond acceptors (Lipinski definition) is 5. The van der Waals surface area contributed by atoms with Gasteiger partial charge in [0.05, 0.1) is 7.11 Å². The highest BCUT2D eigenvalue weighted by molar-refractivity contribution is 6.08. The van der Waals surface area contributed by atoms with Gasteiger partial charge in [0.15, 0.2) is 17.3 Å². The maximum absolute atomic E-state index is 12.6. The van der Waals surface area contributed by atoms with Crippen molar-refractivity contribution in [3.8, 4) is 17.2 Å². The fourth-order valence-electron chi connectivity index (χ4n) is 3.41. The van der Waals surface area contributed by atoms with Crippen molar-refractivity contribution in [3.05, 3.63) is 53.6 Å². The van der Waals surface area contributed by atoms with Gasteiger partial charge in [-0.2, -0.15) is 0 Å². The zero-order chi connectivity index (χ0) is 19.5. The molecule has 2 aromatic carbocycles. The minimum atomic E-state index is -0.137. The molecule has 0 aromatic heterocycles. The number of benzene rings is 2. The molecule has 0 bridgehead atoms. The molecule has 6 heteroatoms. The van der Waals surface area contributed by atoms with Gasteiger partial charge in [-0.25, -0.2) is 0 Å². The predicted molar refractivity (Wildman–Crippen MR) is 105 cm³/mol. The number of carbonyl (C=O) groups is 2. The Bertz CT molecular complexity index is 933. The van der Waals surface area contributed by atoms with E-state index in [2.05, 4.69) is 0 Å². The molecular weight excluding hydrogens is 358 g/mol. The first-order valence-electron chi connectivity index (χ1n) is 9.26. The lowest BCUT2D eigenvalue weighted by molar-refractivity contribution is -0.117. The highest BCUT2D eigenvalue weighted by Crippen LogP contribution is 2.40. The number of allylic oxidation sites excluding steroid dienone is 1. The zero-order valence-corrected chi connectivity index (χ0v) is 15.6. The Morgan fingerprint density at radius 1 is 1.18 bits per heavy atom. The van der Waals surface area contributed by atoms with E-state index in [9.17, 15) is 9.59 Å². The van der Waals surface area contributed by atoms with Gasteiger partial charge in [0, 0.05) is 24.2 Å². The van der Waals surface area contributed by atoms with Crippen molar-refractivity contribution in [3.63, 3.8) is 0 Å². The number of nitrogens with zero attached hydrogens (tertiary/aromatic N) is 1.